The molecule has 1 amide bonds. The molecule has 1 aliphatic rings. The van der Waals surface area contributed by atoms with Crippen molar-refractivity contribution in [2.75, 3.05) is 0 Å². The standard InChI is InChI=1S/C12H19N3O2S/c1-7-15-9(6-18-7)5-14-12(17)8-2-3-11(16)10(13)4-8/h6,8,10-11,16H,2-5,13H2,1H3,(H,14,17)/t8-,10+,11+/m0/s1. The molecule has 0 aromatic carbocycles. The highest BCUT2D eigenvalue weighted by molar-refractivity contribution is 7.09. The minimum absolute atomic E-state index is 0.0167. The van der Waals surface area contributed by atoms with Crippen LogP contribution in [0.3, 0.4) is 0 Å². The average molecular weight is 269 g/mol. The average Bonchev–Trinajstić information content (AvgIpc) is 2.75. The zero-order chi connectivity index (χ0) is 13.1. The van der Waals surface area contributed by atoms with Gasteiger partial charge in [0.15, 0.2) is 0 Å². The largest absolute Gasteiger partial charge is 0.392 e. The van der Waals surface area contributed by atoms with Crippen molar-refractivity contribution in [3.63, 3.8) is 0 Å². The summed E-state index contributed by atoms with van der Waals surface area (Å²) in [4.78, 5) is 16.3. The molecule has 0 saturated heterocycles. The molecule has 0 bridgehead atoms. The zero-order valence-electron chi connectivity index (χ0n) is 10.4. The monoisotopic (exact) mass is 269 g/mol. The van der Waals surface area contributed by atoms with Gasteiger partial charge in [-0.15, -0.1) is 11.3 Å². The SMILES string of the molecule is Cc1nc(CNC(=O)[C@H]2CC[C@@H](O)[C@H](N)C2)cs1. The van der Waals surface area contributed by atoms with Gasteiger partial charge in [-0.1, -0.05) is 0 Å². The minimum Gasteiger partial charge on any atom is -0.392 e. The fourth-order valence-electron chi connectivity index (χ4n) is 2.24. The Kier molecular flexibility index (Phi) is 4.31. The molecule has 1 heterocycles. The van der Waals surface area contributed by atoms with Gasteiger partial charge >= 0.3 is 0 Å². The van der Waals surface area contributed by atoms with E-state index in [4.69, 9.17) is 5.73 Å². The minimum atomic E-state index is -0.463. The third-order valence-corrected chi connectivity index (χ3v) is 4.17. The number of hydrogen-bond donors (Lipinski definition) is 3. The highest BCUT2D eigenvalue weighted by Crippen LogP contribution is 2.23. The van der Waals surface area contributed by atoms with Crippen molar-refractivity contribution in [2.45, 2.75) is 44.9 Å². The molecular formula is C12H19N3O2S. The number of nitrogens with one attached hydrogen (secondary N) is 1. The Morgan fingerprint density at radius 1 is 1.67 bits per heavy atom. The number of thiazole rings is 1. The predicted octanol–water partition coefficient (Wildman–Crippen LogP) is 0.556. The molecular weight excluding hydrogens is 250 g/mol. The van der Waals surface area contributed by atoms with E-state index >= 15 is 0 Å². The molecule has 0 spiro atoms. The smallest absolute Gasteiger partial charge is 0.223 e. The summed E-state index contributed by atoms with van der Waals surface area (Å²) in [6.45, 7) is 2.41. The summed E-state index contributed by atoms with van der Waals surface area (Å²) in [6, 6.07) is -0.281. The molecule has 2 rings (SSSR count). The quantitative estimate of drug-likeness (QED) is 0.748. The van der Waals surface area contributed by atoms with Crippen molar-refractivity contribution < 1.29 is 9.90 Å². The van der Waals surface area contributed by atoms with Gasteiger partial charge in [0.05, 0.1) is 23.4 Å². The first-order chi connectivity index (χ1) is 8.56. The number of aromatic nitrogens is 1. The molecule has 1 aliphatic carbocycles. The molecule has 4 N–H and O–H groups in total. The first-order valence-electron chi connectivity index (χ1n) is 6.18. The lowest BCUT2D eigenvalue weighted by Crippen LogP contribution is -2.44. The van der Waals surface area contributed by atoms with E-state index in [0.717, 1.165) is 10.7 Å². The molecule has 6 heteroatoms. The number of aliphatic hydroxyl groups excluding tert-OH is 1. The summed E-state index contributed by atoms with van der Waals surface area (Å²) in [5.41, 5.74) is 6.67. The van der Waals surface area contributed by atoms with Crippen molar-refractivity contribution >= 4 is 17.2 Å². The van der Waals surface area contributed by atoms with Gasteiger partial charge in [-0.05, 0) is 26.2 Å². The Balaban J connectivity index is 1.81. The third kappa shape index (κ3) is 3.28. The number of rotatable bonds is 3. The Hall–Kier alpha value is -0.980. The van der Waals surface area contributed by atoms with Crippen LogP contribution < -0.4 is 11.1 Å². The lowest BCUT2D eigenvalue weighted by Gasteiger charge is -2.29. The lowest BCUT2D eigenvalue weighted by molar-refractivity contribution is -0.127. The summed E-state index contributed by atoms with van der Waals surface area (Å²) in [6.07, 6.45) is 1.41. The topological polar surface area (TPSA) is 88.2 Å². The molecule has 1 aromatic rings. The van der Waals surface area contributed by atoms with Crippen LogP contribution in [0.5, 0.6) is 0 Å². The van der Waals surface area contributed by atoms with Crippen molar-refractivity contribution in [2.24, 2.45) is 11.7 Å². The van der Waals surface area contributed by atoms with Crippen LogP contribution in [-0.4, -0.2) is 28.1 Å². The number of nitrogens with two attached hydrogens (primary N) is 1. The maximum Gasteiger partial charge on any atom is 0.223 e. The van der Waals surface area contributed by atoms with Crippen molar-refractivity contribution in [1.29, 1.82) is 0 Å². The van der Waals surface area contributed by atoms with Crippen molar-refractivity contribution in [1.82, 2.24) is 10.3 Å². The van der Waals surface area contributed by atoms with Crippen LogP contribution in [0.4, 0.5) is 0 Å². The van der Waals surface area contributed by atoms with E-state index in [1.165, 1.54) is 0 Å². The molecule has 0 unspecified atom stereocenters. The molecule has 3 atom stereocenters. The van der Waals surface area contributed by atoms with Gasteiger partial charge in [0.2, 0.25) is 5.91 Å². The Morgan fingerprint density at radius 3 is 3.06 bits per heavy atom. The van der Waals surface area contributed by atoms with Crippen LogP contribution in [0.15, 0.2) is 5.38 Å². The third-order valence-electron chi connectivity index (χ3n) is 3.34. The van der Waals surface area contributed by atoms with Crippen LogP contribution in [0.1, 0.15) is 30.0 Å². The number of carbonyl (C=O) groups is 1. The first-order valence-corrected chi connectivity index (χ1v) is 7.06. The number of aliphatic hydroxyl groups is 1. The second-order valence-corrected chi connectivity index (χ2v) is 5.88. The summed E-state index contributed by atoms with van der Waals surface area (Å²) >= 11 is 1.58. The van der Waals surface area contributed by atoms with Gasteiger partial charge in [-0.25, -0.2) is 4.98 Å². The van der Waals surface area contributed by atoms with Crippen LogP contribution >= 0.6 is 11.3 Å². The predicted molar refractivity (Wildman–Crippen MR) is 70.0 cm³/mol. The molecule has 1 aromatic heterocycles. The van der Waals surface area contributed by atoms with E-state index in [0.29, 0.717) is 25.8 Å². The van der Waals surface area contributed by atoms with E-state index < -0.39 is 6.10 Å². The van der Waals surface area contributed by atoms with Gasteiger partial charge < -0.3 is 16.2 Å². The number of carbonyl (C=O) groups excluding carboxylic acids is 1. The maximum absolute atomic E-state index is 12.0. The molecule has 0 aliphatic heterocycles. The van der Waals surface area contributed by atoms with Gasteiger partial charge in [0.25, 0.3) is 0 Å². The van der Waals surface area contributed by atoms with E-state index in [1.807, 2.05) is 12.3 Å². The Morgan fingerprint density at radius 2 is 2.44 bits per heavy atom. The molecule has 1 saturated carbocycles. The van der Waals surface area contributed by atoms with Crippen molar-refractivity contribution in [3.05, 3.63) is 16.1 Å². The van der Waals surface area contributed by atoms with Crippen LogP contribution in [0.2, 0.25) is 0 Å². The molecule has 0 radical (unpaired) electrons. The first kappa shape index (κ1) is 13.5. The van der Waals surface area contributed by atoms with Crippen LogP contribution in [0, 0.1) is 12.8 Å². The molecule has 5 nitrogen and oxygen atoms in total. The van der Waals surface area contributed by atoms with Gasteiger partial charge in [-0.2, -0.15) is 0 Å². The molecule has 100 valence electrons. The van der Waals surface area contributed by atoms with Crippen LogP contribution in [-0.2, 0) is 11.3 Å². The van der Waals surface area contributed by atoms with Gasteiger partial charge in [-0.3, -0.25) is 4.79 Å². The van der Waals surface area contributed by atoms with Gasteiger partial charge in [0.1, 0.15) is 0 Å². The van der Waals surface area contributed by atoms with Gasteiger partial charge in [0, 0.05) is 17.3 Å². The number of amides is 1. The highest BCUT2D eigenvalue weighted by Gasteiger charge is 2.30. The Bertz CT molecular complexity index is 421. The fourth-order valence-corrected chi connectivity index (χ4v) is 2.85. The normalized spacial score (nSPS) is 28.1. The van der Waals surface area contributed by atoms with E-state index in [1.54, 1.807) is 11.3 Å². The van der Waals surface area contributed by atoms with E-state index in [2.05, 4.69) is 10.3 Å². The lowest BCUT2D eigenvalue weighted by atomic mass is 9.84. The van der Waals surface area contributed by atoms with E-state index in [9.17, 15) is 9.90 Å². The maximum atomic E-state index is 12.0. The highest BCUT2D eigenvalue weighted by atomic mass is 32.1. The van der Waals surface area contributed by atoms with Crippen LogP contribution in [0.25, 0.3) is 0 Å². The Labute approximate surface area is 110 Å². The second kappa shape index (κ2) is 5.77. The summed E-state index contributed by atoms with van der Waals surface area (Å²) in [5, 5.41) is 15.4. The van der Waals surface area contributed by atoms with Crippen molar-refractivity contribution in [3.8, 4) is 0 Å². The fraction of sp³-hybridized carbons (Fsp3) is 0.667. The second-order valence-electron chi connectivity index (χ2n) is 4.82. The number of nitrogens with zero attached hydrogens (tertiary/aromatic N) is 1. The summed E-state index contributed by atoms with van der Waals surface area (Å²) < 4.78 is 0. The molecule has 18 heavy (non-hydrogen) atoms. The number of hydrogen-bond acceptors (Lipinski definition) is 5. The molecule has 1 fully saturated rings. The summed E-state index contributed by atoms with van der Waals surface area (Å²) in [5.74, 6) is -0.0638. The zero-order valence-corrected chi connectivity index (χ0v) is 11.2. The number of aryl methyl sites for hydroxylation is 1. The van der Waals surface area contributed by atoms with E-state index in [-0.39, 0.29) is 17.9 Å². The summed E-state index contributed by atoms with van der Waals surface area (Å²) in [7, 11) is 0.